The molecule has 1 unspecified atom stereocenters. The van der Waals surface area contributed by atoms with Crippen LogP contribution in [0.5, 0.6) is 0 Å². The fourth-order valence-corrected chi connectivity index (χ4v) is 2.27. The largest absolute Gasteiger partial charge is 0.379 e. The van der Waals surface area contributed by atoms with Crippen molar-refractivity contribution < 1.29 is 4.74 Å². The molecule has 1 aliphatic heterocycles. The molecule has 1 atom stereocenters. The second-order valence-corrected chi connectivity index (χ2v) is 4.59. The van der Waals surface area contributed by atoms with Crippen molar-refractivity contribution in [1.82, 2.24) is 5.32 Å². The quantitative estimate of drug-likeness (QED) is 0.702. The molecule has 1 aliphatic rings. The number of nitrogens with one attached hydrogen (secondary N) is 1. The molecule has 66 valence electrons. The van der Waals surface area contributed by atoms with Crippen molar-refractivity contribution in [2.24, 2.45) is 0 Å². The van der Waals surface area contributed by atoms with E-state index < -0.39 is 0 Å². The number of ether oxygens (including phenoxy) is 1. The third-order valence-electron chi connectivity index (χ3n) is 1.82. The minimum absolute atomic E-state index is 0.175. The molecule has 1 fully saturated rings. The number of thioether (sulfide) groups is 1. The summed E-state index contributed by atoms with van der Waals surface area (Å²) in [6, 6.07) is 0. The van der Waals surface area contributed by atoms with E-state index in [1.165, 1.54) is 12.2 Å². The van der Waals surface area contributed by atoms with E-state index in [0.717, 1.165) is 19.8 Å². The van der Waals surface area contributed by atoms with Crippen LogP contribution in [0.1, 0.15) is 20.3 Å². The van der Waals surface area contributed by atoms with Crippen molar-refractivity contribution in [2.45, 2.75) is 25.1 Å². The highest BCUT2D eigenvalue weighted by molar-refractivity contribution is 8.00. The van der Waals surface area contributed by atoms with Gasteiger partial charge < -0.3 is 10.1 Å². The van der Waals surface area contributed by atoms with Crippen LogP contribution in [0, 0.1) is 0 Å². The lowest BCUT2D eigenvalue weighted by atomic mass is 10.3. The van der Waals surface area contributed by atoms with E-state index in [1.807, 2.05) is 18.7 Å². The van der Waals surface area contributed by atoms with Crippen LogP contribution < -0.4 is 5.32 Å². The van der Waals surface area contributed by atoms with Crippen LogP contribution in [0.2, 0.25) is 0 Å². The van der Waals surface area contributed by atoms with Gasteiger partial charge in [0.25, 0.3) is 0 Å². The molecule has 0 amide bonds. The zero-order valence-corrected chi connectivity index (χ0v) is 8.17. The Morgan fingerprint density at radius 3 is 3.00 bits per heavy atom. The van der Waals surface area contributed by atoms with E-state index in [9.17, 15) is 0 Å². The minimum atomic E-state index is 0.175. The molecule has 1 saturated heterocycles. The van der Waals surface area contributed by atoms with Gasteiger partial charge in [-0.2, -0.15) is 0 Å². The first-order chi connectivity index (χ1) is 5.27. The smallest absolute Gasteiger partial charge is 0.0853 e. The highest BCUT2D eigenvalue weighted by Crippen LogP contribution is 2.26. The van der Waals surface area contributed by atoms with Gasteiger partial charge in [-0.1, -0.05) is 0 Å². The van der Waals surface area contributed by atoms with Gasteiger partial charge in [-0.25, -0.2) is 0 Å². The summed E-state index contributed by atoms with van der Waals surface area (Å²) in [6.07, 6.45) is 1.28. The van der Waals surface area contributed by atoms with E-state index in [0.29, 0.717) is 0 Å². The SMILES string of the molecule is CCOCC1(C)NCCCS1. The van der Waals surface area contributed by atoms with Gasteiger partial charge in [-0.15, -0.1) is 11.8 Å². The molecule has 2 nitrogen and oxygen atoms in total. The predicted molar refractivity (Wildman–Crippen MR) is 50.0 cm³/mol. The van der Waals surface area contributed by atoms with Crippen molar-refractivity contribution in [3.05, 3.63) is 0 Å². The molecule has 1 N–H and O–H groups in total. The van der Waals surface area contributed by atoms with Gasteiger partial charge in [0, 0.05) is 6.61 Å². The Morgan fingerprint density at radius 1 is 1.64 bits per heavy atom. The fraction of sp³-hybridized carbons (Fsp3) is 1.00. The van der Waals surface area contributed by atoms with E-state index in [-0.39, 0.29) is 4.87 Å². The van der Waals surface area contributed by atoms with Gasteiger partial charge in [0.15, 0.2) is 0 Å². The van der Waals surface area contributed by atoms with Crippen molar-refractivity contribution >= 4 is 11.8 Å². The van der Waals surface area contributed by atoms with Gasteiger partial charge in [0.05, 0.1) is 11.5 Å². The molecule has 0 aromatic heterocycles. The first-order valence-corrected chi connectivity index (χ1v) is 5.22. The maximum absolute atomic E-state index is 5.39. The number of hydrogen-bond acceptors (Lipinski definition) is 3. The highest BCUT2D eigenvalue weighted by Gasteiger charge is 2.26. The summed E-state index contributed by atoms with van der Waals surface area (Å²) >= 11 is 1.97. The monoisotopic (exact) mass is 175 g/mol. The second kappa shape index (κ2) is 4.33. The fourth-order valence-electron chi connectivity index (χ4n) is 1.16. The Morgan fingerprint density at radius 2 is 2.45 bits per heavy atom. The van der Waals surface area contributed by atoms with Gasteiger partial charge in [0.2, 0.25) is 0 Å². The lowest BCUT2D eigenvalue weighted by molar-refractivity contribution is 0.116. The molecule has 0 aromatic carbocycles. The summed E-state index contributed by atoms with van der Waals surface area (Å²) in [6.45, 7) is 7.03. The van der Waals surface area contributed by atoms with Crippen LogP contribution in [-0.4, -0.2) is 30.4 Å². The molecule has 11 heavy (non-hydrogen) atoms. The Hall–Kier alpha value is 0.270. The zero-order chi connectivity index (χ0) is 8.16. The standard InChI is InChI=1S/C8H17NOS/c1-3-10-7-8(2)9-5-4-6-11-8/h9H,3-7H2,1-2H3. The Balaban J connectivity index is 2.25. The summed E-state index contributed by atoms with van der Waals surface area (Å²) in [7, 11) is 0. The Labute approximate surface area is 73.1 Å². The van der Waals surface area contributed by atoms with E-state index in [2.05, 4.69) is 12.2 Å². The molecule has 1 rings (SSSR count). The Bertz CT molecular complexity index is 113. The summed E-state index contributed by atoms with van der Waals surface area (Å²) in [5.74, 6) is 1.26. The van der Waals surface area contributed by atoms with Gasteiger partial charge in [0.1, 0.15) is 0 Å². The first kappa shape index (κ1) is 9.36. The van der Waals surface area contributed by atoms with Crippen molar-refractivity contribution in [1.29, 1.82) is 0 Å². The third kappa shape index (κ3) is 3.01. The van der Waals surface area contributed by atoms with Crippen molar-refractivity contribution in [2.75, 3.05) is 25.5 Å². The molecular weight excluding hydrogens is 158 g/mol. The molecule has 0 radical (unpaired) electrons. The minimum Gasteiger partial charge on any atom is -0.379 e. The normalized spacial score (nSPS) is 32.2. The van der Waals surface area contributed by atoms with Gasteiger partial charge in [-0.05, 0) is 32.6 Å². The second-order valence-electron chi connectivity index (χ2n) is 3.00. The maximum atomic E-state index is 5.39. The van der Waals surface area contributed by atoms with Crippen LogP contribution in [0.4, 0.5) is 0 Å². The van der Waals surface area contributed by atoms with E-state index in [4.69, 9.17) is 4.74 Å². The van der Waals surface area contributed by atoms with E-state index >= 15 is 0 Å². The third-order valence-corrected chi connectivity index (χ3v) is 3.21. The van der Waals surface area contributed by atoms with Crippen LogP contribution in [0.3, 0.4) is 0 Å². The lowest BCUT2D eigenvalue weighted by Gasteiger charge is -2.33. The topological polar surface area (TPSA) is 21.3 Å². The van der Waals surface area contributed by atoms with Crippen LogP contribution in [-0.2, 0) is 4.74 Å². The zero-order valence-electron chi connectivity index (χ0n) is 7.35. The molecular formula is C8H17NOS. The van der Waals surface area contributed by atoms with E-state index in [1.54, 1.807) is 0 Å². The lowest BCUT2D eigenvalue weighted by Crippen LogP contribution is -2.47. The number of rotatable bonds is 3. The van der Waals surface area contributed by atoms with Crippen molar-refractivity contribution in [3.63, 3.8) is 0 Å². The molecule has 0 aromatic rings. The van der Waals surface area contributed by atoms with Gasteiger partial charge >= 0.3 is 0 Å². The van der Waals surface area contributed by atoms with Crippen molar-refractivity contribution in [3.8, 4) is 0 Å². The molecule has 3 heteroatoms. The summed E-state index contributed by atoms with van der Waals surface area (Å²) in [5.41, 5.74) is 0. The maximum Gasteiger partial charge on any atom is 0.0853 e. The Kier molecular flexibility index (Phi) is 3.69. The van der Waals surface area contributed by atoms with Gasteiger partial charge in [-0.3, -0.25) is 0 Å². The molecule has 0 saturated carbocycles. The summed E-state index contributed by atoms with van der Waals surface area (Å²) in [5, 5.41) is 3.47. The molecule has 1 heterocycles. The molecule has 0 spiro atoms. The average Bonchev–Trinajstić information content (AvgIpc) is 2.03. The molecule has 0 aliphatic carbocycles. The molecule has 0 bridgehead atoms. The first-order valence-electron chi connectivity index (χ1n) is 4.23. The highest BCUT2D eigenvalue weighted by atomic mass is 32.2. The van der Waals surface area contributed by atoms with Crippen LogP contribution in [0.25, 0.3) is 0 Å². The number of hydrogen-bond donors (Lipinski definition) is 1. The summed E-state index contributed by atoms with van der Waals surface area (Å²) in [4.78, 5) is 0.175. The average molecular weight is 175 g/mol. The van der Waals surface area contributed by atoms with Crippen LogP contribution in [0.15, 0.2) is 0 Å². The van der Waals surface area contributed by atoms with Crippen LogP contribution >= 0.6 is 11.8 Å². The summed E-state index contributed by atoms with van der Waals surface area (Å²) < 4.78 is 5.39. The predicted octanol–water partition coefficient (Wildman–Crippen LogP) is 1.47.